The molecule has 0 saturated heterocycles. The van der Waals surface area contributed by atoms with Gasteiger partial charge in [-0.3, -0.25) is 0 Å². The molecule has 7 heteroatoms. The van der Waals surface area contributed by atoms with Gasteiger partial charge in [-0.2, -0.15) is 10.5 Å². The molecule has 0 radical (unpaired) electrons. The van der Waals surface area contributed by atoms with Crippen molar-refractivity contribution in [2.75, 3.05) is 0 Å². The van der Waals surface area contributed by atoms with Crippen LogP contribution in [0.4, 0.5) is 0 Å². The summed E-state index contributed by atoms with van der Waals surface area (Å²) < 4.78 is 15.6. The normalized spacial score (nSPS) is 12.0. The van der Waals surface area contributed by atoms with Crippen LogP contribution >= 0.6 is 11.3 Å². The monoisotopic (exact) mass is 895 g/mol. The lowest BCUT2D eigenvalue weighted by Gasteiger charge is -2.26. The SMILES string of the molecule is N#Cc1c(-n2c3ccccc3c3ccccc32)c(-c2ccc3oc4ccccc4c3c2)c(-n2c3ccccc3c3ccccc32)c(C#N)c1-n1c2ccccc2c2ccc3sc4ccccc4c3c21. The molecule has 318 valence electrons. The quantitative estimate of drug-likeness (QED) is 0.177. The van der Waals surface area contributed by atoms with Crippen LogP contribution in [-0.4, -0.2) is 13.7 Å². The lowest BCUT2D eigenvalue weighted by molar-refractivity contribution is 0.669. The zero-order valence-corrected chi connectivity index (χ0v) is 37.4. The molecule has 5 heterocycles. The first kappa shape index (κ1) is 37.8. The number of benzene rings is 10. The van der Waals surface area contributed by atoms with Gasteiger partial charge in [0.1, 0.15) is 34.4 Å². The maximum absolute atomic E-state index is 12.4. The van der Waals surface area contributed by atoms with E-state index in [1.165, 1.54) is 4.70 Å². The molecule has 0 aliphatic heterocycles. The predicted molar refractivity (Wildman–Crippen MR) is 284 cm³/mol. The fourth-order valence-electron chi connectivity index (χ4n) is 11.6. The van der Waals surface area contributed by atoms with Gasteiger partial charge < -0.3 is 18.1 Å². The fourth-order valence-corrected chi connectivity index (χ4v) is 12.7. The maximum atomic E-state index is 12.4. The van der Waals surface area contributed by atoms with E-state index in [1.807, 2.05) is 24.3 Å². The highest BCUT2D eigenvalue weighted by Gasteiger charge is 2.34. The predicted octanol–water partition coefficient (Wildman–Crippen LogP) is 16.7. The minimum atomic E-state index is 0.383. The van der Waals surface area contributed by atoms with Gasteiger partial charge >= 0.3 is 0 Å². The zero-order valence-electron chi connectivity index (χ0n) is 36.6. The highest BCUT2D eigenvalue weighted by atomic mass is 32.1. The van der Waals surface area contributed by atoms with Crippen molar-refractivity contribution < 1.29 is 4.42 Å². The third-order valence-corrected chi connectivity index (χ3v) is 15.5. The average Bonchev–Trinajstić information content (AvgIpc) is 4.21. The Bertz CT molecular complexity index is 4570. The van der Waals surface area contributed by atoms with E-state index in [-0.39, 0.29) is 0 Å². The number of para-hydroxylation sites is 6. The van der Waals surface area contributed by atoms with Crippen LogP contribution in [0.15, 0.2) is 205 Å². The van der Waals surface area contributed by atoms with E-state index in [2.05, 4.69) is 202 Å². The molecule has 15 aromatic rings. The number of nitrogens with zero attached hydrogens (tertiary/aromatic N) is 5. The number of nitriles is 2. The Morgan fingerprint density at radius 3 is 1.36 bits per heavy atom. The number of aromatic nitrogens is 3. The Morgan fingerprint density at radius 2 is 0.812 bits per heavy atom. The van der Waals surface area contributed by atoms with Crippen molar-refractivity contribution in [3.05, 3.63) is 211 Å². The van der Waals surface area contributed by atoms with Crippen LogP contribution in [0.5, 0.6) is 0 Å². The Morgan fingerprint density at radius 1 is 0.362 bits per heavy atom. The molecule has 6 nitrogen and oxygen atoms in total. The van der Waals surface area contributed by atoms with Crippen molar-refractivity contribution in [1.82, 2.24) is 13.7 Å². The van der Waals surface area contributed by atoms with E-state index in [0.717, 1.165) is 114 Å². The van der Waals surface area contributed by atoms with Crippen LogP contribution in [0.3, 0.4) is 0 Å². The summed E-state index contributed by atoms with van der Waals surface area (Å²) in [6.07, 6.45) is 0. The zero-order chi connectivity index (χ0) is 45.5. The molecule has 0 aliphatic rings. The van der Waals surface area contributed by atoms with E-state index in [9.17, 15) is 10.5 Å². The average molecular weight is 896 g/mol. The van der Waals surface area contributed by atoms with E-state index in [1.54, 1.807) is 11.3 Å². The van der Waals surface area contributed by atoms with E-state index >= 15 is 0 Å². The van der Waals surface area contributed by atoms with Gasteiger partial charge in [0.05, 0.1) is 50.2 Å². The molecule has 10 aromatic carbocycles. The number of thiophene rings is 1. The molecule has 0 fully saturated rings. The fraction of sp³-hybridized carbons (Fsp3) is 0. The number of furan rings is 1. The van der Waals surface area contributed by atoms with Crippen molar-refractivity contribution in [2.45, 2.75) is 0 Å². The third kappa shape index (κ3) is 5.01. The summed E-state index contributed by atoms with van der Waals surface area (Å²) in [6.45, 7) is 0. The summed E-state index contributed by atoms with van der Waals surface area (Å²) in [6, 6.07) is 75.3. The molecule has 0 aliphatic carbocycles. The first-order valence-electron chi connectivity index (χ1n) is 23.0. The van der Waals surface area contributed by atoms with Gasteiger partial charge in [-0.05, 0) is 66.2 Å². The molecule has 0 N–H and O–H groups in total. The number of hydrogen-bond acceptors (Lipinski definition) is 4. The maximum Gasteiger partial charge on any atom is 0.135 e. The number of hydrogen-bond donors (Lipinski definition) is 0. The summed E-state index contributed by atoms with van der Waals surface area (Å²) in [5.74, 6) is 0. The molecule has 0 saturated carbocycles. The molecule has 5 aromatic heterocycles. The topological polar surface area (TPSA) is 75.5 Å². The molecule has 0 amide bonds. The second kappa shape index (κ2) is 14.1. The smallest absolute Gasteiger partial charge is 0.135 e. The Hall–Kier alpha value is -9.40. The van der Waals surface area contributed by atoms with Crippen molar-refractivity contribution in [3.8, 4) is 40.3 Å². The molecule has 0 spiro atoms. The third-order valence-electron chi connectivity index (χ3n) is 14.3. The molecule has 0 bridgehead atoms. The highest BCUT2D eigenvalue weighted by Crippen LogP contribution is 2.51. The molecule has 15 rings (SSSR count). The van der Waals surface area contributed by atoms with E-state index < -0.39 is 0 Å². The summed E-state index contributed by atoms with van der Waals surface area (Å²) in [4.78, 5) is 0. The molecule has 0 unspecified atom stereocenters. The molecular formula is C62H33N5OS. The van der Waals surface area contributed by atoms with Gasteiger partial charge in [0.2, 0.25) is 0 Å². The van der Waals surface area contributed by atoms with Crippen LogP contribution in [0.25, 0.3) is 136 Å². The van der Waals surface area contributed by atoms with Gasteiger partial charge in [-0.15, -0.1) is 11.3 Å². The summed E-state index contributed by atoms with van der Waals surface area (Å²) in [5.41, 5.74) is 11.5. The van der Waals surface area contributed by atoms with Gasteiger partial charge in [-0.1, -0.05) is 140 Å². The van der Waals surface area contributed by atoms with Crippen molar-refractivity contribution in [1.29, 1.82) is 10.5 Å². The highest BCUT2D eigenvalue weighted by molar-refractivity contribution is 7.26. The van der Waals surface area contributed by atoms with Crippen molar-refractivity contribution in [3.63, 3.8) is 0 Å². The van der Waals surface area contributed by atoms with Gasteiger partial charge in [0, 0.05) is 68.8 Å². The van der Waals surface area contributed by atoms with Crippen LogP contribution in [0.1, 0.15) is 11.1 Å². The van der Waals surface area contributed by atoms with Crippen LogP contribution in [-0.2, 0) is 0 Å². The second-order valence-corrected chi connectivity index (χ2v) is 18.8. The largest absolute Gasteiger partial charge is 0.456 e. The summed E-state index contributed by atoms with van der Waals surface area (Å²) in [7, 11) is 0. The minimum Gasteiger partial charge on any atom is -0.456 e. The lowest BCUT2D eigenvalue weighted by atomic mass is 9.90. The number of rotatable bonds is 4. The Labute approximate surface area is 397 Å². The lowest BCUT2D eigenvalue weighted by Crippen LogP contribution is -2.14. The van der Waals surface area contributed by atoms with Crippen LogP contribution in [0.2, 0.25) is 0 Å². The standard InChI is InChI=1S/C62H33N5OS/c63-34-46-59(67-52-26-12-5-19-41(52)43-30-32-56-58(60(43)67)44-21-7-14-28-55(44)69-56)47(35-64)62(66-50-24-10-3-17-39(50)40-18-4-11-25-51(40)66)57(36-29-31-54-45(33-36)42-20-6-13-27-53(42)68-54)61(46)65-48-22-8-1-15-37(48)38-16-2-9-23-49(38)65/h1-33H. The van der Waals surface area contributed by atoms with E-state index in [4.69, 9.17) is 4.42 Å². The van der Waals surface area contributed by atoms with Gasteiger partial charge in [-0.25, -0.2) is 0 Å². The van der Waals surface area contributed by atoms with Gasteiger partial charge in [0.25, 0.3) is 0 Å². The Balaban J connectivity index is 1.26. The number of fused-ring (bicyclic) bond motifs is 16. The van der Waals surface area contributed by atoms with Crippen molar-refractivity contribution in [2.24, 2.45) is 0 Å². The minimum absolute atomic E-state index is 0.383. The van der Waals surface area contributed by atoms with Gasteiger partial charge in [0.15, 0.2) is 0 Å². The van der Waals surface area contributed by atoms with Crippen LogP contribution < -0.4 is 0 Å². The summed E-state index contributed by atoms with van der Waals surface area (Å²) >= 11 is 1.76. The van der Waals surface area contributed by atoms with Crippen molar-refractivity contribution >= 4 is 119 Å². The first-order chi connectivity index (χ1) is 34.2. The second-order valence-electron chi connectivity index (χ2n) is 17.7. The molecule has 0 atom stereocenters. The summed E-state index contributed by atoms with van der Waals surface area (Å²) in [5, 5.41) is 35.2. The van der Waals surface area contributed by atoms with E-state index in [0.29, 0.717) is 28.2 Å². The Kier molecular flexibility index (Phi) is 7.70. The first-order valence-corrected chi connectivity index (χ1v) is 23.8. The molecular weight excluding hydrogens is 863 g/mol. The van der Waals surface area contributed by atoms with Crippen LogP contribution in [0, 0.1) is 22.7 Å². The molecule has 69 heavy (non-hydrogen) atoms.